The van der Waals surface area contributed by atoms with Crippen LogP contribution in [0.3, 0.4) is 0 Å². The number of fused-ring (bicyclic) bond motifs is 1. The Bertz CT molecular complexity index is 909. The second-order valence-electron chi connectivity index (χ2n) is 7.46. The van der Waals surface area contributed by atoms with E-state index in [9.17, 15) is 4.79 Å². The largest absolute Gasteiger partial charge is 0.342 e. The molecular weight excluding hydrogens is 322 g/mol. The highest BCUT2D eigenvalue weighted by Crippen LogP contribution is 2.20. The van der Waals surface area contributed by atoms with Crippen molar-refractivity contribution in [3.05, 3.63) is 59.4 Å². The lowest BCUT2D eigenvalue weighted by molar-refractivity contribution is -0.116. The third kappa shape index (κ3) is 4.31. The van der Waals surface area contributed by atoms with Gasteiger partial charge in [0.05, 0.1) is 11.0 Å². The third-order valence-electron chi connectivity index (χ3n) is 4.59. The zero-order chi connectivity index (χ0) is 18.7. The van der Waals surface area contributed by atoms with Crippen LogP contribution in [0.5, 0.6) is 0 Å². The van der Waals surface area contributed by atoms with Gasteiger partial charge in [-0.1, -0.05) is 45.9 Å². The van der Waals surface area contributed by atoms with Gasteiger partial charge in [-0.3, -0.25) is 4.79 Å². The summed E-state index contributed by atoms with van der Waals surface area (Å²) < 4.78 is 0. The number of aryl methyl sites for hydroxylation is 1. The maximum Gasteiger partial charge on any atom is 0.224 e. The van der Waals surface area contributed by atoms with E-state index in [1.165, 1.54) is 5.56 Å². The van der Waals surface area contributed by atoms with Gasteiger partial charge in [-0.15, -0.1) is 0 Å². The Morgan fingerprint density at radius 1 is 1.08 bits per heavy atom. The predicted molar refractivity (Wildman–Crippen MR) is 108 cm³/mol. The highest BCUT2D eigenvalue weighted by molar-refractivity contribution is 5.91. The molecule has 0 aliphatic heterocycles. The normalized spacial score (nSPS) is 11.5. The fourth-order valence-corrected chi connectivity index (χ4v) is 2.96. The first-order valence-corrected chi connectivity index (χ1v) is 9.30. The van der Waals surface area contributed by atoms with E-state index in [1.54, 1.807) is 0 Å². The number of rotatable bonds is 6. The van der Waals surface area contributed by atoms with Crippen LogP contribution in [-0.2, 0) is 11.2 Å². The van der Waals surface area contributed by atoms with Crippen molar-refractivity contribution in [1.29, 1.82) is 0 Å². The molecule has 136 valence electrons. The monoisotopic (exact) mass is 349 g/mol. The van der Waals surface area contributed by atoms with E-state index in [0.717, 1.165) is 28.1 Å². The van der Waals surface area contributed by atoms with E-state index in [0.29, 0.717) is 24.7 Å². The number of amides is 1. The molecule has 0 radical (unpaired) electrons. The minimum atomic E-state index is 0.0403. The van der Waals surface area contributed by atoms with Crippen LogP contribution in [0.15, 0.2) is 42.5 Å². The average molecular weight is 349 g/mol. The number of nitrogens with one attached hydrogen (secondary N) is 2. The molecule has 0 unspecified atom stereocenters. The first-order chi connectivity index (χ1) is 12.4. The number of nitrogens with zero attached hydrogens (tertiary/aromatic N) is 1. The molecule has 3 aromatic rings. The second kappa shape index (κ2) is 7.73. The molecule has 3 rings (SSSR count). The molecule has 4 heteroatoms. The van der Waals surface area contributed by atoms with E-state index in [1.807, 2.05) is 24.3 Å². The lowest BCUT2D eigenvalue weighted by Crippen LogP contribution is -2.12. The van der Waals surface area contributed by atoms with Crippen LogP contribution in [0, 0.1) is 0 Å². The molecule has 0 aliphatic carbocycles. The topological polar surface area (TPSA) is 57.8 Å². The Morgan fingerprint density at radius 3 is 2.62 bits per heavy atom. The average Bonchev–Trinajstić information content (AvgIpc) is 3.04. The molecule has 4 nitrogen and oxygen atoms in total. The summed E-state index contributed by atoms with van der Waals surface area (Å²) in [6.07, 6.45) is 1.17. The molecule has 0 saturated carbocycles. The van der Waals surface area contributed by atoms with Gasteiger partial charge >= 0.3 is 0 Å². The van der Waals surface area contributed by atoms with E-state index in [2.05, 4.69) is 61.2 Å². The van der Waals surface area contributed by atoms with Crippen molar-refractivity contribution in [1.82, 2.24) is 9.97 Å². The smallest absolute Gasteiger partial charge is 0.224 e. The second-order valence-corrected chi connectivity index (χ2v) is 7.46. The predicted octanol–water partition coefficient (Wildman–Crippen LogP) is 5.38. The maximum absolute atomic E-state index is 12.3. The highest BCUT2D eigenvalue weighted by atomic mass is 16.1. The third-order valence-corrected chi connectivity index (χ3v) is 4.59. The fraction of sp³-hybridized carbons (Fsp3) is 0.364. The molecule has 26 heavy (non-hydrogen) atoms. The van der Waals surface area contributed by atoms with E-state index in [-0.39, 0.29) is 5.91 Å². The van der Waals surface area contributed by atoms with Crippen molar-refractivity contribution in [3.8, 4) is 0 Å². The van der Waals surface area contributed by atoms with Gasteiger partial charge in [0.2, 0.25) is 5.91 Å². The molecule has 0 spiro atoms. The Hall–Kier alpha value is -2.62. The van der Waals surface area contributed by atoms with Crippen LogP contribution in [0.2, 0.25) is 0 Å². The van der Waals surface area contributed by atoms with Gasteiger partial charge in [0.25, 0.3) is 0 Å². The number of aromatic nitrogens is 2. The number of hydrogen-bond donors (Lipinski definition) is 2. The summed E-state index contributed by atoms with van der Waals surface area (Å²) in [5, 5.41) is 3.00. The van der Waals surface area contributed by atoms with Crippen LogP contribution < -0.4 is 5.32 Å². The SMILES string of the molecule is CC(C)c1cccc(NC(=O)CCc2ccc3nc(C(C)C)[nH]c3c2)c1. The molecule has 0 fully saturated rings. The van der Waals surface area contributed by atoms with Gasteiger partial charge in [-0.2, -0.15) is 0 Å². The van der Waals surface area contributed by atoms with Gasteiger partial charge in [0.15, 0.2) is 0 Å². The maximum atomic E-state index is 12.3. The van der Waals surface area contributed by atoms with Crippen molar-refractivity contribution >= 4 is 22.6 Å². The minimum Gasteiger partial charge on any atom is -0.342 e. The number of H-pyrrole nitrogens is 1. The van der Waals surface area contributed by atoms with E-state index < -0.39 is 0 Å². The minimum absolute atomic E-state index is 0.0403. The van der Waals surface area contributed by atoms with E-state index >= 15 is 0 Å². The van der Waals surface area contributed by atoms with Crippen molar-refractivity contribution in [2.45, 2.75) is 52.4 Å². The van der Waals surface area contributed by atoms with Gasteiger partial charge in [-0.05, 0) is 47.7 Å². The lowest BCUT2D eigenvalue weighted by Gasteiger charge is -2.09. The molecule has 1 aromatic heterocycles. The summed E-state index contributed by atoms with van der Waals surface area (Å²) in [6, 6.07) is 14.2. The number of carbonyl (C=O) groups excluding carboxylic acids is 1. The Morgan fingerprint density at radius 2 is 1.88 bits per heavy atom. The molecule has 0 saturated heterocycles. The number of aromatic amines is 1. The summed E-state index contributed by atoms with van der Waals surface area (Å²) in [4.78, 5) is 20.3. The first kappa shape index (κ1) is 18.2. The Labute approximate surface area is 155 Å². The highest BCUT2D eigenvalue weighted by Gasteiger charge is 2.09. The van der Waals surface area contributed by atoms with Gasteiger partial charge < -0.3 is 10.3 Å². The van der Waals surface area contributed by atoms with Crippen LogP contribution in [0.25, 0.3) is 11.0 Å². The molecular formula is C22H27N3O. The van der Waals surface area contributed by atoms with Crippen LogP contribution >= 0.6 is 0 Å². The summed E-state index contributed by atoms with van der Waals surface area (Å²) >= 11 is 0. The van der Waals surface area contributed by atoms with Crippen molar-refractivity contribution in [3.63, 3.8) is 0 Å². The summed E-state index contributed by atoms with van der Waals surface area (Å²) in [5.74, 6) is 1.86. The molecule has 0 bridgehead atoms. The zero-order valence-electron chi connectivity index (χ0n) is 16.0. The summed E-state index contributed by atoms with van der Waals surface area (Å²) in [7, 11) is 0. The van der Waals surface area contributed by atoms with Gasteiger partial charge in [-0.25, -0.2) is 4.98 Å². The summed E-state index contributed by atoms with van der Waals surface area (Å²) in [6.45, 7) is 8.54. The fourth-order valence-electron chi connectivity index (χ4n) is 2.96. The Kier molecular flexibility index (Phi) is 5.40. The molecule has 0 aliphatic rings. The van der Waals surface area contributed by atoms with Crippen LogP contribution in [0.1, 0.15) is 62.9 Å². The zero-order valence-corrected chi connectivity index (χ0v) is 16.0. The van der Waals surface area contributed by atoms with Crippen molar-refractivity contribution < 1.29 is 4.79 Å². The van der Waals surface area contributed by atoms with Crippen LogP contribution in [-0.4, -0.2) is 15.9 Å². The van der Waals surface area contributed by atoms with Crippen molar-refractivity contribution in [2.75, 3.05) is 5.32 Å². The van der Waals surface area contributed by atoms with Gasteiger partial charge in [0, 0.05) is 18.0 Å². The lowest BCUT2D eigenvalue weighted by atomic mass is 10.0. The number of carbonyl (C=O) groups is 1. The summed E-state index contributed by atoms with van der Waals surface area (Å²) in [5.41, 5.74) is 5.26. The number of anilines is 1. The van der Waals surface area contributed by atoms with Crippen LogP contribution in [0.4, 0.5) is 5.69 Å². The Balaban J connectivity index is 1.62. The standard InChI is InChI=1S/C22H27N3O/c1-14(2)17-6-5-7-18(13-17)23-21(26)11-9-16-8-10-19-20(12-16)25-22(24-19)15(3)4/h5-8,10,12-15H,9,11H2,1-4H3,(H,23,26)(H,24,25). The molecule has 2 aromatic carbocycles. The quantitative estimate of drug-likeness (QED) is 0.627. The van der Waals surface area contributed by atoms with Crippen molar-refractivity contribution in [2.24, 2.45) is 0 Å². The van der Waals surface area contributed by atoms with E-state index in [4.69, 9.17) is 0 Å². The molecule has 0 atom stereocenters. The number of hydrogen-bond acceptors (Lipinski definition) is 2. The molecule has 1 amide bonds. The number of imidazole rings is 1. The molecule has 2 N–H and O–H groups in total. The molecule has 1 heterocycles. The first-order valence-electron chi connectivity index (χ1n) is 9.30. The number of benzene rings is 2. The van der Waals surface area contributed by atoms with Gasteiger partial charge in [0.1, 0.15) is 5.82 Å².